The quantitative estimate of drug-likeness (QED) is 0.170. The molecule has 4 aromatic heterocycles. The number of hydrogen-bond acceptors (Lipinski definition) is 1. The SMILES string of the molecule is N#Cc1c(-n2c3ccccc3c3ccccc32)c(-n2c3c(c4ccccc42)CCC=C3)c(-c2ccccc2)c(-n2c3ccccc3c3ccccc32)c1-n1c2ccccc2c2ccccc21. The molecule has 0 unspecified atom stereocenters. The zero-order valence-electron chi connectivity index (χ0n) is 35.9. The van der Waals surface area contributed by atoms with Gasteiger partial charge < -0.3 is 18.3 Å². The number of hydrogen-bond donors (Lipinski definition) is 0. The Kier molecular flexibility index (Phi) is 7.81. The summed E-state index contributed by atoms with van der Waals surface area (Å²) in [5.41, 5.74) is 16.0. The van der Waals surface area contributed by atoms with E-state index in [1.54, 1.807) is 0 Å². The highest BCUT2D eigenvalue weighted by molar-refractivity contribution is 6.15. The van der Waals surface area contributed by atoms with Gasteiger partial charge in [-0.05, 0) is 72.5 Å². The van der Waals surface area contributed by atoms with E-state index in [4.69, 9.17) is 0 Å². The number of rotatable bonds is 5. The van der Waals surface area contributed by atoms with E-state index in [1.807, 2.05) is 0 Å². The lowest BCUT2D eigenvalue weighted by Gasteiger charge is -2.29. The fourth-order valence-corrected chi connectivity index (χ4v) is 11.5. The van der Waals surface area contributed by atoms with Crippen molar-refractivity contribution in [1.29, 1.82) is 5.26 Å². The molecule has 5 heteroatoms. The predicted octanol–water partition coefficient (Wildman–Crippen LogP) is 15.4. The molecule has 0 spiro atoms. The molecule has 0 N–H and O–H groups in total. The summed E-state index contributed by atoms with van der Waals surface area (Å²) in [6.07, 6.45) is 6.52. The van der Waals surface area contributed by atoms with Crippen molar-refractivity contribution in [2.75, 3.05) is 0 Å². The fraction of sp³-hybridized carbons (Fsp3) is 0.0328. The van der Waals surface area contributed by atoms with Crippen LogP contribution in [0.4, 0.5) is 0 Å². The van der Waals surface area contributed by atoms with Crippen molar-refractivity contribution in [3.63, 3.8) is 0 Å². The van der Waals surface area contributed by atoms with Crippen LogP contribution >= 0.6 is 0 Å². The molecule has 0 radical (unpaired) electrons. The van der Waals surface area contributed by atoms with E-state index in [0.717, 1.165) is 123 Å². The largest absolute Gasteiger partial charge is 0.307 e. The minimum Gasteiger partial charge on any atom is -0.307 e. The van der Waals surface area contributed by atoms with Gasteiger partial charge in [0.25, 0.3) is 0 Å². The molecular weight excluding hydrogens is 803 g/mol. The van der Waals surface area contributed by atoms with E-state index >= 15 is 0 Å². The third-order valence-electron chi connectivity index (χ3n) is 14.1. The molecule has 0 atom stereocenters. The van der Waals surface area contributed by atoms with Gasteiger partial charge in [0.15, 0.2) is 0 Å². The van der Waals surface area contributed by atoms with Crippen molar-refractivity contribution in [2.24, 2.45) is 0 Å². The van der Waals surface area contributed by atoms with Crippen LogP contribution in [-0.4, -0.2) is 18.3 Å². The Morgan fingerprint density at radius 3 is 1.09 bits per heavy atom. The first kappa shape index (κ1) is 36.6. The second-order valence-electron chi connectivity index (χ2n) is 17.4. The van der Waals surface area contributed by atoms with Crippen LogP contribution in [-0.2, 0) is 6.42 Å². The monoisotopic (exact) mass is 841 g/mol. The lowest BCUT2D eigenvalue weighted by Crippen LogP contribution is -2.17. The molecule has 4 heterocycles. The maximum absolute atomic E-state index is 12.6. The Hall–Kier alpha value is -8.85. The summed E-state index contributed by atoms with van der Waals surface area (Å²) in [5.74, 6) is 0. The smallest absolute Gasteiger partial charge is 0.104 e. The van der Waals surface area contributed by atoms with E-state index in [0.29, 0.717) is 5.56 Å². The summed E-state index contributed by atoms with van der Waals surface area (Å²) in [4.78, 5) is 0. The maximum atomic E-state index is 12.6. The van der Waals surface area contributed by atoms with Crippen LogP contribution < -0.4 is 0 Å². The molecule has 1 aliphatic rings. The van der Waals surface area contributed by atoms with Crippen molar-refractivity contribution < 1.29 is 0 Å². The van der Waals surface area contributed by atoms with Crippen molar-refractivity contribution in [1.82, 2.24) is 18.3 Å². The van der Waals surface area contributed by atoms with Gasteiger partial charge in [0.05, 0.1) is 61.4 Å². The number of nitrogens with zero attached hydrogens (tertiary/aromatic N) is 5. The molecule has 14 rings (SSSR count). The minimum absolute atomic E-state index is 0.575. The number of benzene rings is 9. The third-order valence-corrected chi connectivity index (χ3v) is 14.1. The van der Waals surface area contributed by atoms with Crippen molar-refractivity contribution in [3.8, 4) is 39.9 Å². The Morgan fingerprint density at radius 2 is 0.682 bits per heavy atom. The van der Waals surface area contributed by atoms with Gasteiger partial charge in [0.2, 0.25) is 0 Å². The summed E-state index contributed by atoms with van der Waals surface area (Å²) in [6.45, 7) is 0. The molecule has 0 aliphatic heterocycles. The first-order chi connectivity index (χ1) is 32.8. The minimum atomic E-state index is 0.575. The van der Waals surface area contributed by atoms with Crippen LogP contribution in [0.25, 0.3) is 116 Å². The highest BCUT2D eigenvalue weighted by Crippen LogP contribution is 2.51. The second-order valence-corrected chi connectivity index (χ2v) is 17.4. The Labute approximate surface area is 380 Å². The van der Waals surface area contributed by atoms with E-state index in [9.17, 15) is 5.26 Å². The van der Waals surface area contributed by atoms with Gasteiger partial charge in [-0.2, -0.15) is 5.26 Å². The molecule has 66 heavy (non-hydrogen) atoms. The predicted molar refractivity (Wildman–Crippen MR) is 274 cm³/mol. The lowest BCUT2D eigenvalue weighted by molar-refractivity contribution is 0.958. The normalized spacial score (nSPS) is 12.7. The molecule has 1 aliphatic carbocycles. The summed E-state index contributed by atoms with van der Waals surface area (Å²) in [6, 6.07) is 74.9. The van der Waals surface area contributed by atoms with Crippen molar-refractivity contribution in [2.45, 2.75) is 12.8 Å². The van der Waals surface area contributed by atoms with Crippen molar-refractivity contribution >= 4 is 82.4 Å². The second kappa shape index (κ2) is 14.1. The summed E-state index contributed by atoms with van der Waals surface area (Å²) in [7, 11) is 0. The molecule has 9 aromatic carbocycles. The van der Waals surface area contributed by atoms with Gasteiger partial charge >= 0.3 is 0 Å². The fourth-order valence-electron chi connectivity index (χ4n) is 11.5. The molecule has 0 saturated carbocycles. The Bertz CT molecular complexity index is 4080. The van der Waals surface area contributed by atoms with Gasteiger partial charge in [0.1, 0.15) is 11.6 Å². The van der Waals surface area contributed by atoms with E-state index in [-0.39, 0.29) is 0 Å². The number of aromatic nitrogens is 4. The first-order valence-corrected chi connectivity index (χ1v) is 22.7. The summed E-state index contributed by atoms with van der Waals surface area (Å²) in [5, 5.41) is 20.6. The topological polar surface area (TPSA) is 43.5 Å². The van der Waals surface area contributed by atoms with Crippen LogP contribution in [0.1, 0.15) is 23.2 Å². The molecule has 0 amide bonds. The van der Waals surface area contributed by atoms with Crippen LogP contribution in [0.2, 0.25) is 0 Å². The molecule has 0 fully saturated rings. The Balaban J connectivity index is 1.36. The lowest BCUT2D eigenvalue weighted by atomic mass is 9.93. The average Bonchev–Trinajstić information content (AvgIpc) is 4.11. The molecule has 5 nitrogen and oxygen atoms in total. The zero-order valence-corrected chi connectivity index (χ0v) is 35.9. The van der Waals surface area contributed by atoms with Crippen LogP contribution in [0.5, 0.6) is 0 Å². The third kappa shape index (κ3) is 4.93. The molecule has 0 bridgehead atoms. The highest BCUT2D eigenvalue weighted by Gasteiger charge is 2.35. The molecular formula is C61H39N5. The van der Waals surface area contributed by atoms with E-state index in [1.165, 1.54) is 10.9 Å². The maximum Gasteiger partial charge on any atom is 0.104 e. The van der Waals surface area contributed by atoms with Gasteiger partial charge in [0, 0.05) is 49.0 Å². The van der Waals surface area contributed by atoms with E-state index in [2.05, 4.69) is 237 Å². The highest BCUT2D eigenvalue weighted by atomic mass is 15.1. The van der Waals surface area contributed by atoms with Crippen molar-refractivity contribution in [3.05, 3.63) is 223 Å². The van der Waals surface area contributed by atoms with Crippen LogP contribution in [0, 0.1) is 11.3 Å². The number of aryl methyl sites for hydroxylation is 1. The van der Waals surface area contributed by atoms with Crippen LogP contribution in [0.15, 0.2) is 206 Å². The molecule has 0 saturated heterocycles. The van der Waals surface area contributed by atoms with Crippen LogP contribution in [0.3, 0.4) is 0 Å². The van der Waals surface area contributed by atoms with Gasteiger partial charge in [-0.1, -0.05) is 164 Å². The summed E-state index contributed by atoms with van der Waals surface area (Å²) < 4.78 is 9.74. The zero-order chi connectivity index (χ0) is 43.5. The molecule has 308 valence electrons. The number of fused-ring (bicyclic) bond motifs is 12. The van der Waals surface area contributed by atoms with E-state index < -0.39 is 0 Å². The van der Waals surface area contributed by atoms with Gasteiger partial charge in [-0.25, -0.2) is 0 Å². The number of allylic oxidation sites excluding steroid dienone is 1. The average molecular weight is 842 g/mol. The first-order valence-electron chi connectivity index (χ1n) is 22.7. The molecule has 13 aromatic rings. The summed E-state index contributed by atoms with van der Waals surface area (Å²) >= 11 is 0. The number of nitriles is 1. The number of para-hydroxylation sites is 7. The van der Waals surface area contributed by atoms with Gasteiger partial charge in [-0.3, -0.25) is 0 Å². The van der Waals surface area contributed by atoms with Gasteiger partial charge in [-0.15, -0.1) is 0 Å². The standard InChI is InChI=1S/C61H39N5/c62-38-48-58(63-49-30-12-4-22-40(49)41-23-5-13-31-50(41)63)60(65-53-34-16-8-26-44(53)45-27-9-17-35-54(45)65)57(39-20-2-1-3-21-39)61(66-55-36-18-10-28-46(55)47-29-11-19-37-56(47)66)59(48)64-51-32-14-6-24-42(51)43-25-7-15-33-52(43)64/h1-10,12-28,30-37H,11,29H2. The Morgan fingerprint density at radius 1 is 0.348 bits per heavy atom.